The van der Waals surface area contributed by atoms with Crippen LogP contribution in [0.25, 0.3) is 0 Å². The molecule has 0 radical (unpaired) electrons. The third-order valence-electron chi connectivity index (χ3n) is 3.42. The maximum atomic E-state index is 13.0. The Labute approximate surface area is 122 Å². The number of rotatable bonds is 6. The lowest BCUT2D eigenvalue weighted by Crippen LogP contribution is -2.39. The number of hydrogen-bond acceptors (Lipinski definition) is 3. The summed E-state index contributed by atoms with van der Waals surface area (Å²) in [5.41, 5.74) is 0.516. The first kappa shape index (κ1) is 15.6. The highest BCUT2D eigenvalue weighted by molar-refractivity contribution is 6.05. The molecule has 1 heterocycles. The Morgan fingerprint density at radius 3 is 2.52 bits per heavy atom. The molecule has 1 aliphatic rings. The predicted octanol–water partition coefficient (Wildman–Crippen LogP) is 1.63. The van der Waals surface area contributed by atoms with Gasteiger partial charge in [-0.25, -0.2) is 8.78 Å². The molecule has 0 bridgehead atoms. The smallest absolute Gasteiger partial charge is 0.246 e. The third kappa shape index (κ3) is 3.85. The highest BCUT2D eigenvalue weighted by Gasteiger charge is 2.37. The van der Waals surface area contributed by atoms with Crippen LogP contribution in [0.1, 0.15) is 25.3 Å². The summed E-state index contributed by atoms with van der Waals surface area (Å²) < 4.78 is 26.1. The summed E-state index contributed by atoms with van der Waals surface area (Å²) in [6.07, 6.45) is 1.27. The molecule has 114 valence electrons. The number of hydrogen-bond donors (Lipinski definition) is 1. The second-order valence-electron chi connectivity index (χ2n) is 5.12. The first-order chi connectivity index (χ1) is 10.0. The minimum atomic E-state index is -0.619. The van der Waals surface area contributed by atoms with Crippen LogP contribution in [-0.2, 0) is 16.0 Å². The van der Waals surface area contributed by atoms with Gasteiger partial charge in [-0.1, -0.05) is 6.92 Å². The van der Waals surface area contributed by atoms with E-state index in [9.17, 15) is 18.4 Å². The van der Waals surface area contributed by atoms with Crippen molar-refractivity contribution in [2.24, 2.45) is 0 Å². The van der Waals surface area contributed by atoms with Crippen LogP contribution < -0.4 is 5.32 Å². The molecule has 1 N–H and O–H groups in total. The standard InChI is InChI=1S/C15H18F2N2O2/c1-2-5-19-14(20)9-13(15(19)21)18-4-3-10-6-11(16)8-12(17)7-10/h6-8,13,18H,2-5,9H2,1H3. The number of likely N-dealkylation sites (tertiary alicyclic amines) is 1. The Hall–Kier alpha value is -1.82. The first-order valence-corrected chi connectivity index (χ1v) is 7.04. The van der Waals surface area contributed by atoms with E-state index in [4.69, 9.17) is 0 Å². The van der Waals surface area contributed by atoms with Crippen LogP contribution in [0.3, 0.4) is 0 Å². The summed E-state index contributed by atoms with van der Waals surface area (Å²) >= 11 is 0. The Balaban J connectivity index is 1.86. The van der Waals surface area contributed by atoms with Gasteiger partial charge in [0.2, 0.25) is 11.8 Å². The van der Waals surface area contributed by atoms with Crippen molar-refractivity contribution in [3.8, 4) is 0 Å². The minimum Gasteiger partial charge on any atom is -0.305 e. The van der Waals surface area contributed by atoms with Crippen molar-refractivity contribution < 1.29 is 18.4 Å². The molecule has 1 aromatic carbocycles. The molecule has 1 fully saturated rings. The zero-order chi connectivity index (χ0) is 15.4. The maximum absolute atomic E-state index is 13.0. The fourth-order valence-electron chi connectivity index (χ4n) is 2.45. The summed E-state index contributed by atoms with van der Waals surface area (Å²) in [7, 11) is 0. The molecular weight excluding hydrogens is 278 g/mol. The Morgan fingerprint density at radius 2 is 1.90 bits per heavy atom. The van der Waals surface area contributed by atoms with Crippen molar-refractivity contribution in [1.82, 2.24) is 10.2 Å². The molecular formula is C15H18F2N2O2. The van der Waals surface area contributed by atoms with Gasteiger partial charge in [0.1, 0.15) is 11.6 Å². The molecule has 2 amide bonds. The van der Waals surface area contributed by atoms with Crippen LogP contribution in [0.5, 0.6) is 0 Å². The molecule has 6 heteroatoms. The number of amides is 2. The van der Waals surface area contributed by atoms with E-state index in [0.717, 1.165) is 12.5 Å². The normalized spacial score (nSPS) is 18.6. The molecule has 0 aliphatic carbocycles. The monoisotopic (exact) mass is 296 g/mol. The van der Waals surface area contributed by atoms with Crippen LogP contribution in [-0.4, -0.2) is 35.8 Å². The van der Waals surface area contributed by atoms with Gasteiger partial charge in [0.05, 0.1) is 12.5 Å². The van der Waals surface area contributed by atoms with Gasteiger partial charge in [-0.3, -0.25) is 14.5 Å². The zero-order valence-corrected chi connectivity index (χ0v) is 11.9. The first-order valence-electron chi connectivity index (χ1n) is 7.04. The number of nitrogens with one attached hydrogen (secondary N) is 1. The summed E-state index contributed by atoms with van der Waals surface area (Å²) in [6.45, 7) is 2.72. The van der Waals surface area contributed by atoms with E-state index in [2.05, 4.69) is 5.32 Å². The van der Waals surface area contributed by atoms with E-state index in [-0.39, 0.29) is 18.2 Å². The van der Waals surface area contributed by atoms with Crippen molar-refractivity contribution in [1.29, 1.82) is 0 Å². The molecule has 21 heavy (non-hydrogen) atoms. The fourth-order valence-corrected chi connectivity index (χ4v) is 2.45. The Kier molecular flexibility index (Phi) is 5.01. The number of imide groups is 1. The van der Waals surface area contributed by atoms with Gasteiger partial charge >= 0.3 is 0 Å². The second kappa shape index (κ2) is 6.76. The molecule has 1 aromatic rings. The minimum absolute atomic E-state index is 0.149. The van der Waals surface area contributed by atoms with Crippen molar-refractivity contribution in [3.63, 3.8) is 0 Å². The average Bonchev–Trinajstić information content (AvgIpc) is 2.66. The quantitative estimate of drug-likeness (QED) is 0.812. The number of halogens is 2. The lowest BCUT2D eigenvalue weighted by Gasteiger charge is -2.14. The number of benzene rings is 1. The van der Waals surface area contributed by atoms with Gasteiger partial charge in [-0.2, -0.15) is 0 Å². The van der Waals surface area contributed by atoms with Crippen molar-refractivity contribution in [3.05, 3.63) is 35.4 Å². The zero-order valence-electron chi connectivity index (χ0n) is 11.9. The second-order valence-corrected chi connectivity index (χ2v) is 5.12. The molecule has 1 atom stereocenters. The topological polar surface area (TPSA) is 49.4 Å². The average molecular weight is 296 g/mol. The van der Waals surface area contributed by atoms with Crippen LogP contribution in [0.15, 0.2) is 18.2 Å². The van der Waals surface area contributed by atoms with Crippen LogP contribution in [0.2, 0.25) is 0 Å². The number of carbonyl (C=O) groups excluding carboxylic acids is 2. The van der Waals surface area contributed by atoms with Gasteiger partial charge in [-0.15, -0.1) is 0 Å². The fraction of sp³-hybridized carbons (Fsp3) is 0.467. The van der Waals surface area contributed by atoms with Gasteiger partial charge in [0.15, 0.2) is 0 Å². The summed E-state index contributed by atoms with van der Waals surface area (Å²) in [4.78, 5) is 24.9. The van der Waals surface area contributed by atoms with Crippen LogP contribution in [0.4, 0.5) is 8.78 Å². The van der Waals surface area contributed by atoms with Crippen molar-refractivity contribution in [2.75, 3.05) is 13.1 Å². The van der Waals surface area contributed by atoms with Gasteiger partial charge in [-0.05, 0) is 37.1 Å². The molecule has 0 saturated carbocycles. The Morgan fingerprint density at radius 1 is 1.24 bits per heavy atom. The van der Waals surface area contributed by atoms with Gasteiger partial charge in [0, 0.05) is 12.6 Å². The molecule has 4 nitrogen and oxygen atoms in total. The highest BCUT2D eigenvalue weighted by atomic mass is 19.1. The summed E-state index contributed by atoms with van der Waals surface area (Å²) in [5.74, 6) is -1.62. The van der Waals surface area contributed by atoms with Gasteiger partial charge in [0.25, 0.3) is 0 Å². The van der Waals surface area contributed by atoms with E-state index in [0.29, 0.717) is 25.1 Å². The highest BCUT2D eigenvalue weighted by Crippen LogP contribution is 2.14. The number of nitrogens with zero attached hydrogens (tertiary/aromatic N) is 1. The van der Waals surface area contributed by atoms with E-state index in [1.165, 1.54) is 17.0 Å². The van der Waals surface area contributed by atoms with Crippen molar-refractivity contribution >= 4 is 11.8 Å². The van der Waals surface area contributed by atoms with Crippen molar-refractivity contribution in [2.45, 2.75) is 32.2 Å². The van der Waals surface area contributed by atoms with Crippen LogP contribution in [0, 0.1) is 11.6 Å². The molecule has 1 aliphatic heterocycles. The van der Waals surface area contributed by atoms with E-state index in [1.807, 2.05) is 6.92 Å². The molecule has 2 rings (SSSR count). The lowest BCUT2D eigenvalue weighted by molar-refractivity contribution is -0.138. The summed E-state index contributed by atoms with van der Waals surface area (Å²) in [6, 6.07) is 2.81. The van der Waals surface area contributed by atoms with E-state index >= 15 is 0 Å². The molecule has 0 spiro atoms. The largest absolute Gasteiger partial charge is 0.305 e. The predicted molar refractivity (Wildman–Crippen MR) is 73.5 cm³/mol. The van der Waals surface area contributed by atoms with E-state index < -0.39 is 17.7 Å². The number of carbonyl (C=O) groups is 2. The molecule has 1 unspecified atom stereocenters. The molecule has 1 saturated heterocycles. The maximum Gasteiger partial charge on any atom is 0.246 e. The van der Waals surface area contributed by atoms with E-state index in [1.54, 1.807) is 0 Å². The van der Waals surface area contributed by atoms with Crippen LogP contribution >= 0.6 is 0 Å². The summed E-state index contributed by atoms with van der Waals surface area (Å²) in [5, 5.41) is 2.98. The molecule has 0 aromatic heterocycles. The SMILES string of the molecule is CCCN1C(=O)CC(NCCc2cc(F)cc(F)c2)C1=O. The van der Waals surface area contributed by atoms with Gasteiger partial charge < -0.3 is 5.32 Å². The third-order valence-corrected chi connectivity index (χ3v) is 3.42. The lowest BCUT2D eigenvalue weighted by atomic mass is 10.1. The Bertz CT molecular complexity index is 528.